The number of hydroxylamine groups is 1. The Bertz CT molecular complexity index is 1330. The molecule has 0 aromatic heterocycles. The number of alkyl halides is 9. The minimum atomic E-state index is -5.51. The predicted molar refractivity (Wildman–Crippen MR) is 123 cm³/mol. The fourth-order valence-electron chi connectivity index (χ4n) is 3.65. The van der Waals surface area contributed by atoms with Gasteiger partial charge in [0.25, 0.3) is 0 Å². The van der Waals surface area contributed by atoms with Gasteiger partial charge >= 0.3 is 18.5 Å². The Kier molecular flexibility index (Phi) is 8.61. The van der Waals surface area contributed by atoms with Gasteiger partial charge in [-0.3, -0.25) is 19.3 Å². The van der Waals surface area contributed by atoms with Crippen molar-refractivity contribution in [3.63, 3.8) is 0 Å². The SMILES string of the molecule is CCS(=O)CC(=O)NC(C#N)c1ccc(C2=CC(c3cc(C(F)(F)F)cc(C(F)(F)F)c3)(C(F)(F)F)ON2)cc1. The van der Waals surface area contributed by atoms with E-state index in [1.165, 1.54) is 24.3 Å². The molecule has 1 amide bonds. The highest BCUT2D eigenvalue weighted by molar-refractivity contribution is 7.85. The Hall–Kier alpha value is -3.58. The third kappa shape index (κ3) is 6.58. The van der Waals surface area contributed by atoms with Crippen molar-refractivity contribution in [3.05, 3.63) is 76.4 Å². The van der Waals surface area contributed by atoms with Gasteiger partial charge in [-0.1, -0.05) is 31.2 Å². The Labute approximate surface area is 223 Å². The number of nitriles is 1. The first-order valence-electron chi connectivity index (χ1n) is 11.1. The third-order valence-electron chi connectivity index (χ3n) is 5.71. The molecule has 0 fully saturated rings. The lowest BCUT2D eigenvalue weighted by Gasteiger charge is -2.29. The predicted octanol–water partition coefficient (Wildman–Crippen LogP) is 5.51. The van der Waals surface area contributed by atoms with Crippen molar-refractivity contribution in [2.75, 3.05) is 11.5 Å². The zero-order valence-corrected chi connectivity index (χ0v) is 20.9. The summed E-state index contributed by atoms with van der Waals surface area (Å²) in [5.41, 5.74) is -7.46. The summed E-state index contributed by atoms with van der Waals surface area (Å²) in [5.74, 6) is -0.828. The van der Waals surface area contributed by atoms with E-state index in [0.717, 1.165) is 0 Å². The molecule has 2 aromatic rings. The number of nitrogens with one attached hydrogen (secondary N) is 2. The van der Waals surface area contributed by atoms with Crippen LogP contribution in [0.25, 0.3) is 5.70 Å². The molecule has 2 aromatic carbocycles. The highest BCUT2D eigenvalue weighted by Crippen LogP contribution is 2.49. The van der Waals surface area contributed by atoms with Crippen LogP contribution in [0.15, 0.2) is 48.5 Å². The van der Waals surface area contributed by atoms with Gasteiger partial charge in [0.2, 0.25) is 11.5 Å². The van der Waals surface area contributed by atoms with Crippen molar-refractivity contribution in [2.45, 2.75) is 37.1 Å². The minimum absolute atomic E-state index is 0.0343. The first-order chi connectivity index (χ1) is 18.4. The summed E-state index contributed by atoms with van der Waals surface area (Å²) in [4.78, 5) is 16.6. The summed E-state index contributed by atoms with van der Waals surface area (Å²) in [6.07, 6.45) is -16.0. The van der Waals surface area contributed by atoms with Crippen molar-refractivity contribution >= 4 is 22.4 Å². The van der Waals surface area contributed by atoms with Gasteiger partial charge in [-0.25, -0.2) is 0 Å². The maximum atomic E-state index is 14.2. The number of nitrogens with zero attached hydrogens (tertiary/aromatic N) is 1. The molecule has 2 N–H and O–H groups in total. The lowest BCUT2D eigenvalue weighted by Crippen LogP contribution is -2.43. The number of rotatable bonds is 7. The molecule has 1 aliphatic rings. The number of carbonyl (C=O) groups excluding carboxylic acids is 1. The normalized spacial score (nSPS) is 19.3. The standard InChI is InChI=1S/C24H18F9N3O3S/c1-2-40(38)12-20(37)35-19(11-34)14-5-3-13(4-6-14)18-10-21(39-36-18,24(31,32)33)15-7-16(22(25,26)27)9-17(8-15)23(28,29)30/h3-10,19,36H,2,12H2,1H3,(H,35,37). The molecule has 0 saturated heterocycles. The van der Waals surface area contributed by atoms with Gasteiger partial charge in [0.05, 0.1) is 22.9 Å². The first kappa shape index (κ1) is 31.0. The lowest BCUT2D eigenvalue weighted by atomic mass is 9.88. The molecule has 0 radical (unpaired) electrons. The van der Waals surface area contributed by atoms with Gasteiger partial charge in [-0.05, 0) is 35.4 Å². The minimum Gasteiger partial charge on any atom is -0.336 e. The van der Waals surface area contributed by atoms with Crippen LogP contribution < -0.4 is 10.8 Å². The van der Waals surface area contributed by atoms with Crippen LogP contribution in [0.3, 0.4) is 0 Å². The molecular formula is C24H18F9N3O3S. The van der Waals surface area contributed by atoms with E-state index in [-0.39, 0.29) is 40.8 Å². The van der Waals surface area contributed by atoms with Crippen LogP contribution in [0, 0.1) is 11.3 Å². The van der Waals surface area contributed by atoms with E-state index in [0.29, 0.717) is 6.08 Å². The molecule has 0 spiro atoms. The summed E-state index contributed by atoms with van der Waals surface area (Å²) < 4.78 is 134. The monoisotopic (exact) mass is 599 g/mol. The van der Waals surface area contributed by atoms with E-state index in [1.807, 2.05) is 5.48 Å². The van der Waals surface area contributed by atoms with Crippen LogP contribution in [0.4, 0.5) is 39.5 Å². The van der Waals surface area contributed by atoms with Crippen LogP contribution in [-0.4, -0.2) is 27.8 Å². The lowest BCUT2D eigenvalue weighted by molar-refractivity contribution is -0.269. The maximum Gasteiger partial charge on any atom is 0.428 e. The van der Waals surface area contributed by atoms with Gasteiger partial charge < -0.3 is 5.32 Å². The van der Waals surface area contributed by atoms with E-state index in [2.05, 4.69) is 10.2 Å². The summed E-state index contributed by atoms with van der Waals surface area (Å²) in [6.45, 7) is 1.59. The van der Waals surface area contributed by atoms with Crippen molar-refractivity contribution in [2.24, 2.45) is 0 Å². The molecule has 3 atom stereocenters. The second kappa shape index (κ2) is 11.1. The Morgan fingerprint density at radius 3 is 2.02 bits per heavy atom. The number of carbonyl (C=O) groups is 1. The molecular weight excluding hydrogens is 581 g/mol. The highest BCUT2D eigenvalue weighted by atomic mass is 32.2. The van der Waals surface area contributed by atoms with Crippen LogP contribution in [0.5, 0.6) is 0 Å². The molecule has 1 heterocycles. The molecule has 40 heavy (non-hydrogen) atoms. The van der Waals surface area contributed by atoms with Crippen molar-refractivity contribution in [3.8, 4) is 6.07 Å². The Morgan fingerprint density at radius 1 is 1.02 bits per heavy atom. The largest absolute Gasteiger partial charge is 0.428 e. The maximum absolute atomic E-state index is 14.2. The fourth-order valence-corrected chi connectivity index (χ4v) is 4.23. The highest BCUT2D eigenvalue weighted by Gasteiger charge is 2.60. The molecule has 1 aliphatic heterocycles. The van der Waals surface area contributed by atoms with Gasteiger partial charge in [0.1, 0.15) is 11.8 Å². The molecule has 16 heteroatoms. The molecule has 216 valence electrons. The van der Waals surface area contributed by atoms with E-state index >= 15 is 0 Å². The number of amides is 1. The van der Waals surface area contributed by atoms with E-state index < -0.39 is 69.3 Å². The quantitative estimate of drug-likeness (QED) is 0.410. The average molecular weight is 599 g/mol. The van der Waals surface area contributed by atoms with Gasteiger partial charge in [0.15, 0.2) is 0 Å². The Balaban J connectivity index is 2.01. The zero-order chi connectivity index (χ0) is 30.1. The fraction of sp³-hybridized carbons (Fsp3) is 0.333. The number of halogens is 9. The summed E-state index contributed by atoms with van der Waals surface area (Å²) in [7, 11) is -1.45. The second-order valence-corrected chi connectivity index (χ2v) is 10.2. The van der Waals surface area contributed by atoms with Crippen LogP contribution >= 0.6 is 0 Å². The van der Waals surface area contributed by atoms with Crippen molar-refractivity contribution in [1.29, 1.82) is 5.26 Å². The summed E-state index contributed by atoms with van der Waals surface area (Å²) in [6, 6.07) is 5.04. The zero-order valence-electron chi connectivity index (χ0n) is 20.1. The smallest absolute Gasteiger partial charge is 0.336 e. The first-order valence-corrected chi connectivity index (χ1v) is 12.6. The van der Waals surface area contributed by atoms with Crippen LogP contribution in [0.2, 0.25) is 0 Å². The molecule has 0 aliphatic carbocycles. The van der Waals surface area contributed by atoms with Gasteiger partial charge in [-0.15, -0.1) is 0 Å². The second-order valence-electron chi connectivity index (χ2n) is 8.41. The average Bonchev–Trinajstić information content (AvgIpc) is 3.33. The molecule has 3 unspecified atom stereocenters. The van der Waals surface area contributed by atoms with Crippen molar-refractivity contribution in [1.82, 2.24) is 10.8 Å². The van der Waals surface area contributed by atoms with E-state index in [1.54, 1.807) is 13.0 Å². The summed E-state index contributed by atoms with van der Waals surface area (Å²) in [5, 5.41) is 11.7. The van der Waals surface area contributed by atoms with E-state index in [4.69, 9.17) is 0 Å². The third-order valence-corrected chi connectivity index (χ3v) is 6.94. The van der Waals surface area contributed by atoms with Crippen molar-refractivity contribution < 1.29 is 53.4 Å². The van der Waals surface area contributed by atoms with Gasteiger partial charge in [-0.2, -0.15) is 44.8 Å². The topological polar surface area (TPSA) is 91.2 Å². The molecule has 0 bridgehead atoms. The molecule has 0 saturated carbocycles. The molecule has 3 rings (SSSR count). The number of benzene rings is 2. The molecule has 6 nitrogen and oxygen atoms in total. The van der Waals surface area contributed by atoms with Crippen LogP contribution in [-0.2, 0) is 38.4 Å². The Morgan fingerprint density at radius 2 is 1.57 bits per heavy atom. The van der Waals surface area contributed by atoms with Gasteiger partial charge in [0, 0.05) is 22.1 Å². The summed E-state index contributed by atoms with van der Waals surface area (Å²) >= 11 is 0. The van der Waals surface area contributed by atoms with Crippen LogP contribution in [0.1, 0.15) is 40.8 Å². The van der Waals surface area contributed by atoms with E-state index in [9.17, 15) is 53.8 Å². The number of hydrogen-bond acceptors (Lipinski definition) is 5. The number of hydrogen-bond donors (Lipinski definition) is 2.